The molecule has 0 fully saturated rings. The molecule has 3 aromatic rings. The maximum atomic E-state index is 12.9. The van der Waals surface area contributed by atoms with Gasteiger partial charge in [-0.1, -0.05) is 23.7 Å². The lowest BCUT2D eigenvalue weighted by Gasteiger charge is -2.04. The van der Waals surface area contributed by atoms with Gasteiger partial charge in [0.05, 0.1) is 12.1 Å². The van der Waals surface area contributed by atoms with Gasteiger partial charge >= 0.3 is 0 Å². The Morgan fingerprint density at radius 1 is 1.07 bits per heavy atom. The van der Waals surface area contributed by atoms with Crippen LogP contribution in [0.3, 0.4) is 0 Å². The molecule has 0 atom stereocenters. The Balaban J connectivity index is 1.51. The van der Waals surface area contributed by atoms with E-state index in [0.29, 0.717) is 28.0 Å². The second-order valence-electron chi connectivity index (χ2n) is 5.68. The van der Waals surface area contributed by atoms with Gasteiger partial charge in [-0.3, -0.25) is 14.9 Å². The number of rotatable bonds is 6. The quantitative estimate of drug-likeness (QED) is 0.652. The molecular formula is C19H15ClFN3O2S. The zero-order valence-corrected chi connectivity index (χ0v) is 15.6. The van der Waals surface area contributed by atoms with E-state index in [1.165, 1.54) is 23.5 Å². The second-order valence-corrected chi connectivity index (χ2v) is 6.98. The van der Waals surface area contributed by atoms with Crippen LogP contribution in [0.25, 0.3) is 0 Å². The number of halogens is 2. The van der Waals surface area contributed by atoms with Crippen molar-refractivity contribution >= 4 is 39.9 Å². The number of carbonyl (C=O) groups excluding carboxylic acids is 2. The topological polar surface area (TPSA) is 71.1 Å². The van der Waals surface area contributed by atoms with E-state index in [0.717, 1.165) is 5.56 Å². The number of benzene rings is 2. The van der Waals surface area contributed by atoms with E-state index in [1.807, 2.05) is 0 Å². The smallest absolute Gasteiger partial charge is 0.257 e. The van der Waals surface area contributed by atoms with Crippen LogP contribution in [0.15, 0.2) is 53.9 Å². The van der Waals surface area contributed by atoms with Crippen molar-refractivity contribution in [3.05, 3.63) is 81.6 Å². The zero-order valence-electron chi connectivity index (χ0n) is 14.0. The van der Waals surface area contributed by atoms with Gasteiger partial charge in [-0.25, -0.2) is 9.37 Å². The van der Waals surface area contributed by atoms with Gasteiger partial charge in [0.1, 0.15) is 5.82 Å². The highest BCUT2D eigenvalue weighted by Crippen LogP contribution is 2.18. The highest BCUT2D eigenvalue weighted by molar-refractivity contribution is 7.14. The molecule has 5 nitrogen and oxygen atoms in total. The summed E-state index contributed by atoms with van der Waals surface area (Å²) in [5.41, 5.74) is 1.83. The lowest BCUT2D eigenvalue weighted by Crippen LogP contribution is -2.24. The first-order chi connectivity index (χ1) is 13.0. The lowest BCUT2D eigenvalue weighted by atomic mass is 10.2. The number of nitrogens with one attached hydrogen (secondary N) is 2. The van der Waals surface area contributed by atoms with E-state index in [2.05, 4.69) is 15.6 Å². The first-order valence-corrected chi connectivity index (χ1v) is 9.28. The fourth-order valence-corrected chi connectivity index (χ4v) is 3.08. The van der Waals surface area contributed by atoms with Crippen LogP contribution in [0.1, 0.15) is 21.6 Å². The average molecular weight is 404 g/mol. The van der Waals surface area contributed by atoms with Crippen LogP contribution in [0, 0.1) is 5.82 Å². The molecule has 27 heavy (non-hydrogen) atoms. The Morgan fingerprint density at radius 3 is 2.48 bits per heavy atom. The summed E-state index contributed by atoms with van der Waals surface area (Å²) in [6.07, 6.45) is 0.0918. The zero-order chi connectivity index (χ0) is 19.2. The number of nitrogens with zero attached hydrogens (tertiary/aromatic N) is 1. The Labute approximate surface area is 164 Å². The minimum absolute atomic E-state index is 0.0918. The maximum absolute atomic E-state index is 12.9. The predicted octanol–water partition coefficient (Wildman–Crippen LogP) is 4.05. The molecule has 1 aromatic heterocycles. The van der Waals surface area contributed by atoms with Crippen molar-refractivity contribution in [1.82, 2.24) is 10.3 Å². The Bertz CT molecular complexity index is 942. The van der Waals surface area contributed by atoms with Crippen LogP contribution < -0.4 is 10.6 Å². The summed E-state index contributed by atoms with van der Waals surface area (Å²) in [7, 11) is 0. The van der Waals surface area contributed by atoms with Gasteiger partial charge in [-0.15, -0.1) is 11.3 Å². The fraction of sp³-hybridized carbons (Fsp3) is 0.105. The van der Waals surface area contributed by atoms with Crippen molar-refractivity contribution < 1.29 is 14.0 Å². The van der Waals surface area contributed by atoms with E-state index in [9.17, 15) is 14.0 Å². The first-order valence-electron chi connectivity index (χ1n) is 8.02. The Morgan fingerprint density at radius 2 is 1.78 bits per heavy atom. The van der Waals surface area contributed by atoms with Crippen molar-refractivity contribution in [1.29, 1.82) is 0 Å². The molecule has 138 valence electrons. The normalized spacial score (nSPS) is 10.4. The van der Waals surface area contributed by atoms with Gasteiger partial charge in [0.25, 0.3) is 5.91 Å². The van der Waals surface area contributed by atoms with Gasteiger partial charge < -0.3 is 5.32 Å². The van der Waals surface area contributed by atoms with Gasteiger partial charge in [0, 0.05) is 22.5 Å². The van der Waals surface area contributed by atoms with Gasteiger partial charge in [-0.05, 0) is 42.0 Å². The van der Waals surface area contributed by atoms with Gasteiger partial charge in [0.2, 0.25) is 5.91 Å². The Kier molecular flexibility index (Phi) is 6.16. The third-order valence-corrected chi connectivity index (χ3v) is 4.68. The minimum Gasteiger partial charge on any atom is -0.352 e. The van der Waals surface area contributed by atoms with E-state index in [-0.39, 0.29) is 24.1 Å². The molecule has 0 saturated heterocycles. The van der Waals surface area contributed by atoms with E-state index in [1.54, 1.807) is 41.8 Å². The highest BCUT2D eigenvalue weighted by atomic mass is 35.5. The van der Waals surface area contributed by atoms with Crippen LogP contribution >= 0.6 is 22.9 Å². The molecule has 1 heterocycles. The monoisotopic (exact) mass is 403 g/mol. The molecule has 0 saturated carbocycles. The van der Waals surface area contributed by atoms with Crippen molar-refractivity contribution in [2.45, 2.75) is 13.0 Å². The molecule has 0 radical (unpaired) electrons. The number of thiazole rings is 1. The van der Waals surface area contributed by atoms with Crippen LogP contribution in [0.2, 0.25) is 5.02 Å². The number of anilines is 1. The van der Waals surface area contributed by atoms with E-state index < -0.39 is 0 Å². The molecule has 0 spiro atoms. The fourth-order valence-electron chi connectivity index (χ4n) is 2.25. The van der Waals surface area contributed by atoms with Crippen LogP contribution in [0.5, 0.6) is 0 Å². The molecule has 2 amide bonds. The van der Waals surface area contributed by atoms with Crippen LogP contribution in [-0.2, 0) is 17.8 Å². The second kappa shape index (κ2) is 8.75. The van der Waals surface area contributed by atoms with Crippen molar-refractivity contribution in [2.24, 2.45) is 0 Å². The average Bonchev–Trinajstić information content (AvgIpc) is 3.08. The molecule has 0 aliphatic heterocycles. The molecule has 0 aliphatic carbocycles. The number of amides is 2. The summed E-state index contributed by atoms with van der Waals surface area (Å²) < 4.78 is 12.9. The summed E-state index contributed by atoms with van der Waals surface area (Å²) in [4.78, 5) is 28.4. The van der Waals surface area contributed by atoms with E-state index >= 15 is 0 Å². The summed E-state index contributed by atoms with van der Waals surface area (Å²) in [5.74, 6) is -0.825. The summed E-state index contributed by atoms with van der Waals surface area (Å²) in [5, 5.41) is 8.13. The molecule has 0 aliphatic rings. The number of aromatic nitrogens is 1. The lowest BCUT2D eigenvalue weighted by molar-refractivity contribution is -0.120. The third kappa shape index (κ3) is 5.60. The van der Waals surface area contributed by atoms with Gasteiger partial charge in [0.15, 0.2) is 5.13 Å². The molecule has 2 N–H and O–H groups in total. The third-order valence-electron chi connectivity index (χ3n) is 3.62. The maximum Gasteiger partial charge on any atom is 0.257 e. The molecule has 8 heteroatoms. The number of carbonyl (C=O) groups is 2. The molecule has 0 unspecified atom stereocenters. The summed E-state index contributed by atoms with van der Waals surface area (Å²) in [6, 6.07) is 12.4. The summed E-state index contributed by atoms with van der Waals surface area (Å²) in [6.45, 7) is 0.309. The van der Waals surface area contributed by atoms with Crippen molar-refractivity contribution in [3.63, 3.8) is 0 Å². The van der Waals surface area contributed by atoms with Crippen LogP contribution in [-0.4, -0.2) is 16.8 Å². The Hall–Kier alpha value is -2.77. The molecule has 3 rings (SSSR count). The minimum atomic E-state index is -0.319. The first kappa shape index (κ1) is 19.0. The number of hydrogen-bond acceptors (Lipinski definition) is 4. The van der Waals surface area contributed by atoms with E-state index in [4.69, 9.17) is 11.6 Å². The summed E-state index contributed by atoms with van der Waals surface area (Å²) >= 11 is 7.05. The number of hydrogen-bond donors (Lipinski definition) is 2. The molecule has 2 aromatic carbocycles. The van der Waals surface area contributed by atoms with Crippen LogP contribution in [0.4, 0.5) is 9.52 Å². The van der Waals surface area contributed by atoms with Gasteiger partial charge in [-0.2, -0.15) is 0 Å². The molecular weight excluding hydrogens is 389 g/mol. The predicted molar refractivity (Wildman–Crippen MR) is 103 cm³/mol. The largest absolute Gasteiger partial charge is 0.352 e. The SMILES string of the molecule is O=C(Cc1csc(NC(=O)c2ccc(Cl)cc2)n1)NCc1ccc(F)cc1. The van der Waals surface area contributed by atoms with Crippen molar-refractivity contribution in [2.75, 3.05) is 5.32 Å². The molecule has 0 bridgehead atoms. The standard InChI is InChI=1S/C19H15ClFN3O2S/c20-14-5-3-13(4-6-14)18(26)24-19-23-16(11-27-19)9-17(25)22-10-12-1-7-15(21)8-2-12/h1-8,11H,9-10H2,(H,22,25)(H,23,24,26). The van der Waals surface area contributed by atoms with Crippen molar-refractivity contribution in [3.8, 4) is 0 Å². The highest BCUT2D eigenvalue weighted by Gasteiger charge is 2.11.